The van der Waals surface area contributed by atoms with E-state index < -0.39 is 7.82 Å². The van der Waals surface area contributed by atoms with Crippen LogP contribution in [0.2, 0.25) is 0 Å². The minimum absolute atomic E-state index is 0.154. The highest BCUT2D eigenvalue weighted by atomic mass is 31.2. The van der Waals surface area contributed by atoms with E-state index in [1.54, 1.807) is 0 Å². The first-order chi connectivity index (χ1) is 13.4. The Labute approximate surface area is 162 Å². The van der Waals surface area contributed by atoms with E-state index in [4.69, 9.17) is 15.0 Å². The molecule has 0 aliphatic carbocycles. The Morgan fingerprint density at radius 1 is 1.25 bits per heavy atom. The van der Waals surface area contributed by atoms with Gasteiger partial charge in [-0.3, -0.25) is 4.52 Å². The van der Waals surface area contributed by atoms with E-state index >= 15 is 0 Å². The van der Waals surface area contributed by atoms with E-state index in [1.807, 2.05) is 42.7 Å². The highest BCUT2D eigenvalue weighted by molar-refractivity contribution is 7.46. The van der Waals surface area contributed by atoms with E-state index in [2.05, 4.69) is 9.97 Å². The standard InChI is InChI=1S/C18H25N4O5P/c1-3-7-12(10-27-28(23,24)25)22-15(11-26-4-2)21-16-17(22)13-8-5-6-9-14(13)20-18(16)19/h5-6,8-9,12H,3-4,7,10-11H2,1-2H3,(H2,19,20)(H2,23,24,25). The van der Waals surface area contributed by atoms with Crippen molar-refractivity contribution in [2.45, 2.75) is 39.3 Å². The zero-order valence-electron chi connectivity index (χ0n) is 15.9. The molecular formula is C18H25N4O5P. The van der Waals surface area contributed by atoms with Gasteiger partial charge in [0, 0.05) is 12.0 Å². The zero-order chi connectivity index (χ0) is 20.3. The van der Waals surface area contributed by atoms with Crippen LogP contribution in [0.1, 0.15) is 38.6 Å². The lowest BCUT2D eigenvalue weighted by molar-refractivity contribution is 0.119. The fourth-order valence-electron chi connectivity index (χ4n) is 3.36. The quantitative estimate of drug-likeness (QED) is 0.460. The second-order valence-electron chi connectivity index (χ2n) is 6.48. The highest BCUT2D eigenvalue weighted by Crippen LogP contribution is 2.39. The first-order valence-electron chi connectivity index (χ1n) is 9.18. The topological polar surface area (TPSA) is 133 Å². The molecular weight excluding hydrogens is 383 g/mol. The summed E-state index contributed by atoms with van der Waals surface area (Å²) >= 11 is 0. The number of nitrogens with zero attached hydrogens (tertiary/aromatic N) is 3. The molecule has 0 aliphatic heterocycles. The van der Waals surface area contributed by atoms with E-state index in [0.717, 1.165) is 22.8 Å². The van der Waals surface area contributed by atoms with Crippen molar-refractivity contribution in [3.8, 4) is 0 Å². The molecule has 0 saturated heterocycles. The molecule has 2 aromatic heterocycles. The van der Waals surface area contributed by atoms with Crippen LogP contribution in [0, 0.1) is 0 Å². The molecule has 0 spiro atoms. The van der Waals surface area contributed by atoms with Gasteiger partial charge in [0.05, 0.1) is 23.7 Å². The van der Waals surface area contributed by atoms with E-state index in [-0.39, 0.29) is 19.3 Å². The molecule has 1 aromatic carbocycles. The maximum atomic E-state index is 11.3. The first kappa shape index (κ1) is 20.7. The molecule has 0 bridgehead atoms. The average Bonchev–Trinajstić information content (AvgIpc) is 3.03. The Hall–Kier alpha value is -2.03. The average molecular weight is 408 g/mol. The third-order valence-electron chi connectivity index (χ3n) is 4.48. The molecule has 152 valence electrons. The van der Waals surface area contributed by atoms with Gasteiger partial charge in [-0.25, -0.2) is 14.5 Å². The molecule has 0 amide bonds. The molecule has 10 heteroatoms. The van der Waals surface area contributed by atoms with Crippen molar-refractivity contribution in [2.24, 2.45) is 0 Å². The van der Waals surface area contributed by atoms with Gasteiger partial charge >= 0.3 is 7.82 Å². The van der Waals surface area contributed by atoms with E-state index in [1.165, 1.54) is 0 Å². The Kier molecular flexibility index (Phi) is 6.32. The van der Waals surface area contributed by atoms with Crippen molar-refractivity contribution < 1.29 is 23.6 Å². The summed E-state index contributed by atoms with van der Waals surface area (Å²) in [6, 6.07) is 7.23. The van der Waals surface area contributed by atoms with Crippen LogP contribution in [0.15, 0.2) is 24.3 Å². The lowest BCUT2D eigenvalue weighted by atomic mass is 10.1. The molecule has 0 fully saturated rings. The van der Waals surface area contributed by atoms with Crippen molar-refractivity contribution in [1.82, 2.24) is 14.5 Å². The Morgan fingerprint density at radius 3 is 2.68 bits per heavy atom. The predicted octanol–water partition coefficient (Wildman–Crippen LogP) is 3.15. The van der Waals surface area contributed by atoms with Gasteiger partial charge in [-0.05, 0) is 19.4 Å². The smallest absolute Gasteiger partial charge is 0.382 e. The number of nitrogens with two attached hydrogens (primary N) is 1. The zero-order valence-corrected chi connectivity index (χ0v) is 16.8. The Balaban J connectivity index is 2.24. The van der Waals surface area contributed by atoms with E-state index in [9.17, 15) is 14.4 Å². The first-order valence-corrected chi connectivity index (χ1v) is 10.7. The second-order valence-corrected chi connectivity index (χ2v) is 7.71. The molecule has 2 heterocycles. The summed E-state index contributed by atoms with van der Waals surface area (Å²) in [5, 5.41) is 0.860. The van der Waals surface area contributed by atoms with Crippen LogP contribution >= 0.6 is 7.82 Å². The van der Waals surface area contributed by atoms with Gasteiger partial charge in [0.1, 0.15) is 17.9 Å². The lowest BCUT2D eigenvalue weighted by Gasteiger charge is -2.22. The van der Waals surface area contributed by atoms with Gasteiger partial charge in [0.15, 0.2) is 5.82 Å². The van der Waals surface area contributed by atoms with Crippen molar-refractivity contribution in [2.75, 3.05) is 18.9 Å². The number of anilines is 1. The maximum absolute atomic E-state index is 11.3. The molecule has 1 atom stereocenters. The van der Waals surface area contributed by atoms with Gasteiger partial charge < -0.3 is 24.8 Å². The lowest BCUT2D eigenvalue weighted by Crippen LogP contribution is -2.18. The van der Waals surface area contributed by atoms with Gasteiger partial charge in [0.2, 0.25) is 0 Å². The highest BCUT2D eigenvalue weighted by Gasteiger charge is 2.25. The monoisotopic (exact) mass is 408 g/mol. The number of pyridine rings is 1. The van der Waals surface area contributed by atoms with Crippen molar-refractivity contribution >= 4 is 35.6 Å². The van der Waals surface area contributed by atoms with Crippen LogP contribution in [0.25, 0.3) is 21.9 Å². The summed E-state index contributed by atoms with van der Waals surface area (Å²) in [5.41, 5.74) is 8.21. The van der Waals surface area contributed by atoms with Crippen LogP contribution in [-0.2, 0) is 20.4 Å². The Bertz CT molecular complexity index is 1020. The third-order valence-corrected chi connectivity index (χ3v) is 4.97. The number of hydrogen-bond donors (Lipinski definition) is 3. The van der Waals surface area contributed by atoms with Crippen molar-refractivity contribution in [1.29, 1.82) is 0 Å². The summed E-state index contributed by atoms with van der Waals surface area (Å²) in [4.78, 5) is 27.4. The number of para-hydroxylation sites is 1. The molecule has 0 radical (unpaired) electrons. The number of rotatable bonds is 9. The number of phosphoric acid groups is 1. The fourth-order valence-corrected chi connectivity index (χ4v) is 3.73. The number of nitrogen functional groups attached to an aromatic ring is 1. The predicted molar refractivity (Wildman–Crippen MR) is 107 cm³/mol. The molecule has 0 aliphatic rings. The normalized spacial score (nSPS) is 13.4. The third kappa shape index (κ3) is 4.34. The van der Waals surface area contributed by atoms with Crippen molar-refractivity contribution in [3.63, 3.8) is 0 Å². The number of benzene rings is 1. The van der Waals surface area contributed by atoms with Crippen molar-refractivity contribution in [3.05, 3.63) is 30.1 Å². The summed E-state index contributed by atoms with van der Waals surface area (Å²) in [5.74, 6) is 0.922. The van der Waals surface area contributed by atoms with Gasteiger partial charge in [0.25, 0.3) is 0 Å². The molecule has 3 aromatic rings. The number of imidazole rings is 1. The summed E-state index contributed by atoms with van der Waals surface area (Å²) < 4.78 is 23.6. The number of ether oxygens (including phenoxy) is 1. The molecule has 9 nitrogen and oxygen atoms in total. The SMILES string of the molecule is CCCC(COP(=O)(O)O)n1c(COCC)nc2c(N)nc3ccccc3c21. The van der Waals surface area contributed by atoms with Crippen LogP contribution < -0.4 is 5.73 Å². The minimum atomic E-state index is -4.60. The Morgan fingerprint density at radius 2 is 2.00 bits per heavy atom. The molecule has 0 saturated carbocycles. The fraction of sp³-hybridized carbons (Fsp3) is 0.444. The van der Waals surface area contributed by atoms with Gasteiger partial charge in [-0.2, -0.15) is 0 Å². The minimum Gasteiger partial charge on any atom is -0.382 e. The number of aromatic nitrogens is 3. The summed E-state index contributed by atoms with van der Waals surface area (Å²) in [7, 11) is -4.60. The van der Waals surface area contributed by atoms with Crippen LogP contribution in [-0.4, -0.2) is 37.5 Å². The molecule has 3 rings (SSSR count). The molecule has 28 heavy (non-hydrogen) atoms. The molecule has 4 N–H and O–H groups in total. The van der Waals surface area contributed by atoms with Crippen LogP contribution in [0.3, 0.4) is 0 Å². The van der Waals surface area contributed by atoms with Gasteiger partial charge in [-0.15, -0.1) is 0 Å². The second kappa shape index (κ2) is 8.55. The largest absolute Gasteiger partial charge is 0.469 e. The number of hydrogen-bond acceptors (Lipinski definition) is 6. The van der Waals surface area contributed by atoms with Gasteiger partial charge in [-0.1, -0.05) is 31.5 Å². The molecule has 1 unspecified atom stereocenters. The van der Waals surface area contributed by atoms with E-state index in [0.29, 0.717) is 30.2 Å². The van der Waals surface area contributed by atoms with Crippen LogP contribution in [0.4, 0.5) is 5.82 Å². The number of fused-ring (bicyclic) bond motifs is 3. The summed E-state index contributed by atoms with van der Waals surface area (Å²) in [6.45, 7) is 4.49. The van der Waals surface area contributed by atoms with Crippen LogP contribution in [0.5, 0.6) is 0 Å². The number of phosphoric ester groups is 1. The summed E-state index contributed by atoms with van der Waals surface area (Å²) in [6.07, 6.45) is 1.43. The maximum Gasteiger partial charge on any atom is 0.469 e.